The molecule has 1 amide bonds. The number of hydrogen-bond acceptors (Lipinski definition) is 3. The number of hydrogen-bond donors (Lipinski definition) is 1. The minimum atomic E-state index is -2.36. The first-order valence-electron chi connectivity index (χ1n) is 6.72. The molecule has 2 aliphatic heterocycles. The predicted molar refractivity (Wildman–Crippen MR) is 54.6 cm³/mol. The Bertz CT molecular complexity index is 312. The lowest BCUT2D eigenvalue weighted by Crippen LogP contribution is -2.53. The highest BCUT2D eigenvalue weighted by atomic mass is 16.2. The van der Waals surface area contributed by atoms with E-state index in [-0.39, 0.29) is 11.4 Å². The first-order valence-corrected chi connectivity index (χ1v) is 5.22. The molecular formula is C10H19N3O. The lowest BCUT2D eigenvalue weighted by atomic mass is 9.85. The van der Waals surface area contributed by atoms with Gasteiger partial charge >= 0.3 is 0 Å². The number of hydrazine groups is 1. The number of rotatable bonds is 1. The van der Waals surface area contributed by atoms with Crippen LogP contribution in [-0.2, 0) is 4.79 Å². The van der Waals surface area contributed by atoms with Crippen LogP contribution in [0.15, 0.2) is 0 Å². The standard InChI is InChI=1S/C10H19N3O/c1-3-13-10(4-6-11-7-5-10)8-9(14)12(13)2/h11H,3-8H2,1-2H3/i2D3. The molecule has 0 bridgehead atoms. The second-order valence-electron chi connectivity index (χ2n) is 4.07. The van der Waals surface area contributed by atoms with Crippen LogP contribution in [0, 0.1) is 0 Å². The lowest BCUT2D eigenvalue weighted by molar-refractivity contribution is -0.137. The normalized spacial score (nSPS) is 31.6. The minimum absolute atomic E-state index is 0.270. The number of piperidine rings is 1. The van der Waals surface area contributed by atoms with Crippen LogP contribution >= 0.6 is 0 Å². The van der Waals surface area contributed by atoms with E-state index in [9.17, 15) is 4.79 Å². The van der Waals surface area contributed by atoms with Crippen LogP contribution in [0.4, 0.5) is 0 Å². The number of amides is 1. The molecule has 4 heteroatoms. The van der Waals surface area contributed by atoms with E-state index in [0.29, 0.717) is 13.0 Å². The van der Waals surface area contributed by atoms with E-state index in [1.807, 2.05) is 6.92 Å². The van der Waals surface area contributed by atoms with Gasteiger partial charge in [0.2, 0.25) is 5.91 Å². The van der Waals surface area contributed by atoms with Crippen LogP contribution in [0.2, 0.25) is 0 Å². The molecule has 0 atom stereocenters. The second kappa shape index (κ2) is 3.51. The van der Waals surface area contributed by atoms with Gasteiger partial charge in [0.1, 0.15) is 0 Å². The summed E-state index contributed by atoms with van der Waals surface area (Å²) in [7, 11) is 0. The van der Waals surface area contributed by atoms with E-state index in [2.05, 4.69) is 5.32 Å². The summed E-state index contributed by atoms with van der Waals surface area (Å²) in [4.78, 5) is 12.0. The van der Waals surface area contributed by atoms with Gasteiger partial charge in [0, 0.05) is 24.1 Å². The quantitative estimate of drug-likeness (QED) is 0.657. The monoisotopic (exact) mass is 200 g/mol. The van der Waals surface area contributed by atoms with Crippen molar-refractivity contribution in [1.82, 2.24) is 15.3 Å². The molecular weight excluding hydrogens is 178 g/mol. The molecule has 0 radical (unpaired) electrons. The third-order valence-electron chi connectivity index (χ3n) is 3.34. The number of carbonyl (C=O) groups excluding carboxylic acids is 1. The fourth-order valence-electron chi connectivity index (χ4n) is 2.60. The summed E-state index contributed by atoms with van der Waals surface area (Å²) in [5, 5.41) is 6.02. The van der Waals surface area contributed by atoms with Crippen LogP contribution in [0.25, 0.3) is 0 Å². The van der Waals surface area contributed by atoms with Crippen molar-refractivity contribution < 1.29 is 8.91 Å². The number of nitrogens with one attached hydrogen (secondary N) is 1. The van der Waals surface area contributed by atoms with Crippen LogP contribution in [0.1, 0.15) is 30.3 Å². The molecule has 0 saturated carbocycles. The Morgan fingerprint density at radius 1 is 1.57 bits per heavy atom. The largest absolute Gasteiger partial charge is 0.317 e. The minimum Gasteiger partial charge on any atom is -0.317 e. The summed E-state index contributed by atoms with van der Waals surface area (Å²) in [6, 6.07) is 0. The maximum Gasteiger partial charge on any atom is 0.238 e. The highest BCUT2D eigenvalue weighted by molar-refractivity contribution is 5.79. The molecule has 0 aromatic heterocycles. The molecule has 4 nitrogen and oxygen atoms in total. The summed E-state index contributed by atoms with van der Waals surface area (Å²) in [5.74, 6) is -0.270. The Labute approximate surface area is 89.4 Å². The summed E-state index contributed by atoms with van der Waals surface area (Å²) < 4.78 is 22.4. The Hall–Kier alpha value is -0.610. The van der Waals surface area contributed by atoms with Crippen molar-refractivity contribution in [3.05, 3.63) is 0 Å². The van der Waals surface area contributed by atoms with Gasteiger partial charge in [0.15, 0.2) is 0 Å². The summed E-state index contributed by atoms with van der Waals surface area (Å²) >= 11 is 0. The van der Waals surface area contributed by atoms with Gasteiger partial charge in [0.05, 0.1) is 5.54 Å². The third-order valence-corrected chi connectivity index (χ3v) is 3.34. The lowest BCUT2D eigenvalue weighted by Gasteiger charge is -2.42. The molecule has 0 aliphatic carbocycles. The Morgan fingerprint density at radius 3 is 2.86 bits per heavy atom. The highest BCUT2D eigenvalue weighted by Gasteiger charge is 2.47. The molecule has 1 spiro atoms. The van der Waals surface area contributed by atoms with E-state index in [1.54, 1.807) is 5.01 Å². The molecule has 0 aromatic carbocycles. The van der Waals surface area contributed by atoms with E-state index in [0.717, 1.165) is 30.9 Å². The third kappa shape index (κ3) is 1.33. The van der Waals surface area contributed by atoms with Gasteiger partial charge in [-0.3, -0.25) is 9.80 Å². The molecule has 2 fully saturated rings. The number of nitrogens with zero attached hydrogens (tertiary/aromatic N) is 2. The predicted octanol–water partition coefficient (Wildman–Crippen LogP) is 0.208. The topological polar surface area (TPSA) is 35.6 Å². The molecule has 80 valence electrons. The van der Waals surface area contributed by atoms with Gasteiger partial charge in [-0.1, -0.05) is 6.92 Å². The molecule has 2 rings (SSSR count). The Morgan fingerprint density at radius 2 is 2.29 bits per heavy atom. The van der Waals surface area contributed by atoms with Crippen molar-refractivity contribution in [2.75, 3.05) is 26.6 Å². The zero-order chi connectivity index (χ0) is 12.7. The molecule has 2 aliphatic rings. The molecule has 0 unspecified atom stereocenters. The maximum absolute atomic E-state index is 12.0. The fraction of sp³-hybridized carbons (Fsp3) is 0.900. The zero-order valence-corrected chi connectivity index (χ0v) is 8.55. The van der Waals surface area contributed by atoms with Crippen molar-refractivity contribution in [3.63, 3.8) is 0 Å². The summed E-state index contributed by atoms with van der Waals surface area (Å²) in [6.07, 6.45) is 2.00. The fourth-order valence-corrected chi connectivity index (χ4v) is 2.60. The van der Waals surface area contributed by atoms with E-state index < -0.39 is 6.98 Å². The Kier molecular flexibility index (Phi) is 1.71. The molecule has 14 heavy (non-hydrogen) atoms. The van der Waals surface area contributed by atoms with Crippen LogP contribution in [0.3, 0.4) is 0 Å². The van der Waals surface area contributed by atoms with Crippen molar-refractivity contribution in [2.45, 2.75) is 31.7 Å². The Balaban J connectivity index is 2.29. The molecule has 2 heterocycles. The average molecular weight is 200 g/mol. The average Bonchev–Trinajstić information content (AvgIpc) is 2.51. The molecule has 1 N–H and O–H groups in total. The van der Waals surface area contributed by atoms with Crippen LogP contribution in [-0.4, -0.2) is 48.1 Å². The van der Waals surface area contributed by atoms with Crippen molar-refractivity contribution in [2.24, 2.45) is 0 Å². The van der Waals surface area contributed by atoms with Crippen molar-refractivity contribution >= 4 is 5.91 Å². The van der Waals surface area contributed by atoms with Gasteiger partial charge in [-0.05, 0) is 25.9 Å². The van der Waals surface area contributed by atoms with Gasteiger partial charge in [-0.15, -0.1) is 0 Å². The van der Waals surface area contributed by atoms with Crippen molar-refractivity contribution in [1.29, 1.82) is 0 Å². The van der Waals surface area contributed by atoms with Crippen LogP contribution in [0.5, 0.6) is 0 Å². The SMILES string of the molecule is [2H]C([2H])([2H])N1C(=O)CC2(CCNCC2)N1CC. The zero-order valence-electron chi connectivity index (χ0n) is 11.5. The van der Waals surface area contributed by atoms with E-state index >= 15 is 0 Å². The second-order valence-corrected chi connectivity index (χ2v) is 4.07. The summed E-state index contributed by atoms with van der Waals surface area (Å²) in [5.41, 5.74) is -0.272. The van der Waals surface area contributed by atoms with Gasteiger partial charge in [0.25, 0.3) is 0 Å². The first kappa shape index (κ1) is 6.80. The first-order chi connectivity index (χ1) is 7.91. The molecule has 2 saturated heterocycles. The van der Waals surface area contributed by atoms with E-state index in [1.165, 1.54) is 0 Å². The van der Waals surface area contributed by atoms with Gasteiger partial charge in [-0.2, -0.15) is 0 Å². The highest BCUT2D eigenvalue weighted by Crippen LogP contribution is 2.36. The maximum atomic E-state index is 12.0. The van der Waals surface area contributed by atoms with E-state index in [4.69, 9.17) is 4.11 Å². The van der Waals surface area contributed by atoms with Crippen LogP contribution < -0.4 is 5.32 Å². The number of carbonyl (C=O) groups is 1. The van der Waals surface area contributed by atoms with Crippen molar-refractivity contribution in [3.8, 4) is 0 Å². The molecule has 0 aromatic rings. The smallest absolute Gasteiger partial charge is 0.238 e. The van der Waals surface area contributed by atoms with Gasteiger partial charge in [-0.25, -0.2) is 5.01 Å². The summed E-state index contributed by atoms with van der Waals surface area (Å²) in [6.45, 7) is 1.80. The van der Waals surface area contributed by atoms with Gasteiger partial charge < -0.3 is 5.32 Å².